The van der Waals surface area contributed by atoms with Crippen LogP contribution >= 0.6 is 0 Å². The summed E-state index contributed by atoms with van der Waals surface area (Å²) in [5.41, 5.74) is -1.78. The van der Waals surface area contributed by atoms with Crippen LogP contribution in [0.3, 0.4) is 0 Å². The number of rotatable bonds is 14. The lowest BCUT2D eigenvalue weighted by Crippen LogP contribution is -2.58. The van der Waals surface area contributed by atoms with Crippen LogP contribution in [0, 0.1) is 5.92 Å². The van der Waals surface area contributed by atoms with E-state index in [1.807, 2.05) is 0 Å². The number of benzene rings is 3. The summed E-state index contributed by atoms with van der Waals surface area (Å²) >= 11 is 0. The highest BCUT2D eigenvalue weighted by molar-refractivity contribution is 7.89. The molecule has 234 valence electrons. The van der Waals surface area contributed by atoms with E-state index in [0.717, 1.165) is 38.5 Å². The first-order valence-corrected chi connectivity index (χ1v) is 14.4. The minimum Gasteiger partial charge on any atom is -0.497 e. The van der Waals surface area contributed by atoms with Gasteiger partial charge in [-0.1, -0.05) is 56.3 Å². The summed E-state index contributed by atoms with van der Waals surface area (Å²) in [6.07, 6.45) is -10.4. The Morgan fingerprint density at radius 1 is 1.02 bits per heavy atom. The molecule has 0 bridgehead atoms. The maximum Gasteiger partial charge on any atom is 0.408 e. The molecule has 0 saturated carbocycles. The molecule has 0 saturated heterocycles. The van der Waals surface area contributed by atoms with E-state index in [1.54, 1.807) is 30.3 Å². The van der Waals surface area contributed by atoms with Gasteiger partial charge in [0, 0.05) is 25.4 Å². The highest BCUT2D eigenvalue weighted by atomic mass is 32.2. The molecule has 9 nitrogen and oxygen atoms in total. The fourth-order valence-electron chi connectivity index (χ4n) is 3.62. The summed E-state index contributed by atoms with van der Waals surface area (Å²) in [7, 11) is -9.39. The molecule has 10 heteroatoms. The van der Waals surface area contributed by atoms with E-state index in [-0.39, 0.29) is 17.3 Å². The van der Waals surface area contributed by atoms with Crippen molar-refractivity contribution in [2.45, 2.75) is 70.1 Å². The van der Waals surface area contributed by atoms with E-state index >= 15 is 0 Å². The van der Waals surface area contributed by atoms with Gasteiger partial charge in [0.2, 0.25) is 10.0 Å². The van der Waals surface area contributed by atoms with Crippen molar-refractivity contribution in [3.63, 3.8) is 0 Å². The molecule has 0 aliphatic rings. The van der Waals surface area contributed by atoms with Crippen LogP contribution in [0.1, 0.15) is 64.9 Å². The molecule has 0 fully saturated rings. The maximum absolute atomic E-state index is 14.6. The lowest BCUT2D eigenvalue weighted by atomic mass is 9.94. The first kappa shape index (κ1) is 18.9. The molecule has 3 rings (SSSR count). The Hall–Kier alpha value is -3.60. The number of carbonyl (C=O) groups is 1. The average molecular weight is 627 g/mol. The Morgan fingerprint density at radius 2 is 1.65 bits per heavy atom. The van der Waals surface area contributed by atoms with Gasteiger partial charge < -0.3 is 19.7 Å². The fourth-order valence-corrected chi connectivity index (χ4v) is 4.79. The van der Waals surface area contributed by atoms with E-state index in [9.17, 15) is 28.9 Å². The summed E-state index contributed by atoms with van der Waals surface area (Å²) in [5.74, 6) is -2.33. The van der Waals surface area contributed by atoms with Crippen molar-refractivity contribution in [2.75, 3.05) is 20.1 Å². The molecule has 0 aromatic heterocycles. The smallest absolute Gasteiger partial charge is 0.408 e. The van der Waals surface area contributed by atoms with Gasteiger partial charge in [-0.25, -0.2) is 13.2 Å². The molecular formula is C33H44N2O7S. The number of carboxylic acid groups (broad SMARTS) is 1. The van der Waals surface area contributed by atoms with Crippen molar-refractivity contribution in [1.82, 2.24) is 9.21 Å². The minimum atomic E-state index is -6.05. The van der Waals surface area contributed by atoms with Crippen LogP contribution in [-0.4, -0.2) is 71.6 Å². The van der Waals surface area contributed by atoms with Gasteiger partial charge in [-0.3, -0.25) is 4.90 Å². The lowest BCUT2D eigenvalue weighted by Gasteiger charge is -2.42. The number of amides is 1. The molecule has 1 amide bonds. The largest absolute Gasteiger partial charge is 0.497 e. The summed E-state index contributed by atoms with van der Waals surface area (Å²) in [4.78, 5) is 11.3. The number of ether oxygens (including phenoxy) is 2. The van der Waals surface area contributed by atoms with E-state index in [2.05, 4.69) is 4.74 Å². The van der Waals surface area contributed by atoms with Crippen molar-refractivity contribution in [1.29, 1.82) is 0 Å². The molecular weight excluding hydrogens is 568 g/mol. The summed E-state index contributed by atoms with van der Waals surface area (Å²) in [6, 6.07) is 3.56. The molecule has 0 heterocycles. The zero-order chi connectivity index (χ0) is 44.1. The Balaban J connectivity index is 2.39. The van der Waals surface area contributed by atoms with Gasteiger partial charge in [0.05, 0.1) is 36.4 Å². The SMILES string of the molecule is [2H]c1c([2H])c(S(=O)(=O)N(C([2H])C(C)C)C([2H])([2H])[C@@]([2H])(O)[C@@]([2H])(N(C(=O)O)C(C)(C)C)C([2H])([2H])c2ccc(OCc3ccccc3)cc2)c([2H])c([2H])c1OC([2H])([2H])[2H]. The first-order valence-electron chi connectivity index (χ1n) is 20.1. The third kappa shape index (κ3) is 9.44. The quantitative estimate of drug-likeness (QED) is 0.237. The van der Waals surface area contributed by atoms with Crippen LogP contribution in [0.2, 0.25) is 0 Å². The molecule has 0 aliphatic carbocycles. The van der Waals surface area contributed by atoms with Crippen molar-refractivity contribution >= 4 is 16.1 Å². The molecule has 0 aliphatic heterocycles. The molecule has 3 aromatic carbocycles. The number of methoxy groups -OCH3 is 1. The van der Waals surface area contributed by atoms with Gasteiger partial charge >= 0.3 is 6.09 Å². The van der Waals surface area contributed by atoms with Gasteiger partial charge in [0.1, 0.15) is 18.1 Å². The number of hydrogen-bond donors (Lipinski definition) is 2. The van der Waals surface area contributed by atoms with Crippen LogP contribution < -0.4 is 9.47 Å². The monoisotopic (exact) mass is 626 g/mol. The van der Waals surface area contributed by atoms with E-state index < -0.39 is 111 Å². The van der Waals surface area contributed by atoms with Gasteiger partial charge in [-0.05, 0) is 80.5 Å². The van der Waals surface area contributed by atoms with Crippen LogP contribution in [-0.2, 0) is 23.0 Å². The van der Waals surface area contributed by atoms with Crippen LogP contribution in [0.4, 0.5) is 4.79 Å². The molecule has 0 spiro atoms. The second-order valence-corrected chi connectivity index (χ2v) is 12.2. The summed E-state index contributed by atoms with van der Waals surface area (Å²) < 4.78 is 159. The zero-order valence-electron chi connectivity index (χ0n) is 38.3. The summed E-state index contributed by atoms with van der Waals surface area (Å²) in [6.45, 7) is -1.05. The number of sulfonamides is 1. The van der Waals surface area contributed by atoms with Gasteiger partial charge in [0.25, 0.3) is 0 Å². The maximum atomic E-state index is 14.6. The lowest BCUT2D eigenvalue weighted by molar-refractivity contribution is 0.000534. The number of aliphatic hydroxyl groups is 1. The topological polar surface area (TPSA) is 117 Å². The second kappa shape index (κ2) is 14.7. The fraction of sp³-hybridized carbons (Fsp3) is 0.424. The standard InChI is InChI=1S/C33H44N2O7S/c1-24(2)21-34(43(39,40)29-18-16-27(41-6)17-19-29)22-31(36)30(35(32(37)38)33(3,4)5)20-25-12-14-28(15-13-25)42-23-26-10-8-7-9-11-26/h7-19,24,30-31,36H,20-23H2,1-6H3,(H,37,38)/t30-,31+/m0/s1/i6D3,16D,17D,18D,19D,20D2,21D,22D2,30D,31D/t21?,30-,31+. The minimum absolute atomic E-state index is 0.0691. The number of nitrogens with zero attached hydrogens (tertiary/aromatic N) is 2. The molecule has 3 atom stereocenters. The summed E-state index contributed by atoms with van der Waals surface area (Å²) in [5, 5.41) is 22.7. The highest BCUT2D eigenvalue weighted by Gasteiger charge is 2.39. The van der Waals surface area contributed by atoms with Crippen molar-refractivity contribution in [3.05, 3.63) is 89.9 Å². The van der Waals surface area contributed by atoms with Gasteiger partial charge in [-0.15, -0.1) is 0 Å². The Kier molecular flexibility index (Phi) is 6.48. The predicted octanol–water partition coefficient (Wildman–Crippen LogP) is 5.67. The second-order valence-electron chi connectivity index (χ2n) is 10.5. The molecule has 3 aromatic rings. The molecule has 43 heavy (non-hydrogen) atoms. The average Bonchev–Trinajstić information content (AvgIpc) is 3.07. The Morgan fingerprint density at radius 3 is 2.19 bits per heavy atom. The van der Waals surface area contributed by atoms with E-state index in [1.165, 1.54) is 26.0 Å². The Bertz CT molecular complexity index is 2020. The molecule has 0 radical (unpaired) electrons. The molecule has 2 N–H and O–H groups in total. The highest BCUT2D eigenvalue weighted by Crippen LogP contribution is 2.27. The van der Waals surface area contributed by atoms with Crippen LogP contribution in [0.5, 0.6) is 11.5 Å². The van der Waals surface area contributed by atoms with Crippen molar-refractivity contribution < 1.29 is 52.1 Å². The van der Waals surface area contributed by atoms with E-state index in [0.29, 0.717) is 0 Å². The van der Waals surface area contributed by atoms with Gasteiger partial charge in [0.15, 0.2) is 0 Å². The van der Waals surface area contributed by atoms with Crippen molar-refractivity contribution in [3.8, 4) is 11.5 Å². The third-order valence-corrected chi connectivity index (χ3v) is 6.97. The number of hydrogen-bond acceptors (Lipinski definition) is 6. The van der Waals surface area contributed by atoms with Crippen molar-refractivity contribution in [2.24, 2.45) is 5.92 Å². The predicted molar refractivity (Wildman–Crippen MR) is 167 cm³/mol. The van der Waals surface area contributed by atoms with Gasteiger partial charge in [-0.2, -0.15) is 4.31 Å². The zero-order valence-corrected chi connectivity index (χ0v) is 25.1. The molecule has 1 unspecified atom stereocenters. The van der Waals surface area contributed by atoms with Crippen LogP contribution in [0.25, 0.3) is 0 Å². The Labute approximate surface area is 275 Å². The normalized spacial score (nSPS) is 21.4. The third-order valence-electron chi connectivity index (χ3n) is 5.52. The van der Waals surface area contributed by atoms with E-state index in [4.69, 9.17) is 18.4 Å². The van der Waals surface area contributed by atoms with Crippen LogP contribution in [0.15, 0.2) is 83.7 Å². The first-order chi connectivity index (χ1) is 25.7.